The highest BCUT2D eigenvalue weighted by molar-refractivity contribution is 5.75. The molecule has 0 bridgehead atoms. The molecule has 2 unspecified atom stereocenters. The van der Waals surface area contributed by atoms with Gasteiger partial charge in [0.25, 0.3) is 0 Å². The molecule has 220 valence electrons. The second-order valence-corrected chi connectivity index (χ2v) is 12.7. The van der Waals surface area contributed by atoms with Crippen LogP contribution >= 0.6 is 0 Å². The molecular weight excluding hydrogens is 460 g/mol. The summed E-state index contributed by atoms with van der Waals surface area (Å²) in [6.45, 7) is 11.2. The molecule has 0 heterocycles. The van der Waals surface area contributed by atoms with Crippen molar-refractivity contribution >= 4 is 11.9 Å². The third kappa shape index (κ3) is 18.8. The molecule has 4 heteroatoms. The van der Waals surface area contributed by atoms with Crippen LogP contribution in [0.1, 0.15) is 176 Å². The molecule has 0 aromatic carbocycles. The van der Waals surface area contributed by atoms with E-state index < -0.39 is 17.4 Å². The quantitative estimate of drug-likeness (QED) is 0.105. The summed E-state index contributed by atoms with van der Waals surface area (Å²) in [6, 6.07) is 0. The van der Waals surface area contributed by atoms with Crippen molar-refractivity contribution < 1.29 is 19.8 Å². The Kier molecular flexibility index (Phi) is 22.2. The molecule has 4 nitrogen and oxygen atoms in total. The molecule has 37 heavy (non-hydrogen) atoms. The topological polar surface area (TPSA) is 74.6 Å². The number of unbranched alkanes of at least 4 members (excludes halogenated alkanes) is 12. The number of carboxylic acids is 2. The Morgan fingerprint density at radius 3 is 1.35 bits per heavy atom. The number of aliphatic carboxylic acids is 2. The normalized spacial score (nSPS) is 14.2. The summed E-state index contributed by atoms with van der Waals surface area (Å²) in [6.07, 6.45) is 24.1. The molecular formula is C33H64O4. The molecule has 0 radical (unpaired) electrons. The maximum Gasteiger partial charge on any atom is 0.309 e. The van der Waals surface area contributed by atoms with Crippen LogP contribution in [0.3, 0.4) is 0 Å². The van der Waals surface area contributed by atoms with Crippen molar-refractivity contribution in [3.8, 4) is 0 Å². The molecule has 0 fully saturated rings. The van der Waals surface area contributed by atoms with Crippen LogP contribution < -0.4 is 0 Å². The zero-order valence-corrected chi connectivity index (χ0v) is 25.5. The summed E-state index contributed by atoms with van der Waals surface area (Å²) >= 11 is 0. The fourth-order valence-corrected chi connectivity index (χ4v) is 5.99. The van der Waals surface area contributed by atoms with E-state index in [2.05, 4.69) is 34.6 Å². The molecule has 0 aromatic rings. The third-order valence-corrected chi connectivity index (χ3v) is 8.52. The van der Waals surface area contributed by atoms with Crippen LogP contribution in [-0.2, 0) is 9.59 Å². The average molecular weight is 525 g/mol. The van der Waals surface area contributed by atoms with Crippen LogP contribution in [0.4, 0.5) is 0 Å². The van der Waals surface area contributed by atoms with Gasteiger partial charge in [-0.2, -0.15) is 0 Å². The SMILES string of the molecule is CCC(CCCCC(C)C)(C(=O)O)C(CCCCCCCCCCCCCC(=O)O)CCCCC(C)C. The lowest BCUT2D eigenvalue weighted by Crippen LogP contribution is -2.38. The summed E-state index contributed by atoms with van der Waals surface area (Å²) in [7, 11) is 0. The fraction of sp³-hybridized carbons (Fsp3) is 0.939. The predicted octanol–water partition coefficient (Wildman–Crippen LogP) is 10.7. The van der Waals surface area contributed by atoms with Gasteiger partial charge in [0.2, 0.25) is 0 Å². The Bertz CT molecular complexity index is 557. The minimum absolute atomic E-state index is 0.308. The van der Waals surface area contributed by atoms with Crippen molar-refractivity contribution in [2.24, 2.45) is 23.2 Å². The summed E-state index contributed by atoms with van der Waals surface area (Å²) in [5.41, 5.74) is -0.542. The first-order valence-corrected chi connectivity index (χ1v) is 16.1. The highest BCUT2D eigenvalue weighted by Crippen LogP contribution is 2.43. The zero-order chi connectivity index (χ0) is 27.9. The lowest BCUT2D eigenvalue weighted by Gasteiger charge is -2.37. The van der Waals surface area contributed by atoms with Gasteiger partial charge in [-0.3, -0.25) is 9.59 Å². The van der Waals surface area contributed by atoms with Crippen LogP contribution in [0.15, 0.2) is 0 Å². The van der Waals surface area contributed by atoms with Crippen LogP contribution in [0.2, 0.25) is 0 Å². The molecule has 0 saturated carbocycles. The predicted molar refractivity (Wildman–Crippen MR) is 158 cm³/mol. The van der Waals surface area contributed by atoms with Crippen LogP contribution in [0.25, 0.3) is 0 Å². The highest BCUT2D eigenvalue weighted by Gasteiger charge is 2.42. The molecule has 0 aliphatic rings. The molecule has 0 aromatic heterocycles. The second kappa shape index (κ2) is 22.9. The van der Waals surface area contributed by atoms with Crippen molar-refractivity contribution in [3.63, 3.8) is 0 Å². The first-order chi connectivity index (χ1) is 17.7. The average Bonchev–Trinajstić information content (AvgIpc) is 2.83. The van der Waals surface area contributed by atoms with Gasteiger partial charge >= 0.3 is 11.9 Å². The van der Waals surface area contributed by atoms with E-state index in [1.807, 2.05) is 0 Å². The largest absolute Gasteiger partial charge is 0.481 e. The smallest absolute Gasteiger partial charge is 0.309 e. The number of hydrogen-bond donors (Lipinski definition) is 2. The van der Waals surface area contributed by atoms with E-state index in [9.17, 15) is 14.7 Å². The molecule has 0 spiro atoms. The monoisotopic (exact) mass is 524 g/mol. The van der Waals surface area contributed by atoms with Gasteiger partial charge in [-0.05, 0) is 49.9 Å². The molecule has 0 aliphatic carbocycles. The molecule has 0 rings (SSSR count). The summed E-state index contributed by atoms with van der Waals surface area (Å²) in [5, 5.41) is 19.1. The van der Waals surface area contributed by atoms with Crippen molar-refractivity contribution in [3.05, 3.63) is 0 Å². The minimum atomic E-state index is -0.678. The lowest BCUT2D eigenvalue weighted by molar-refractivity contribution is -0.154. The van der Waals surface area contributed by atoms with Gasteiger partial charge in [0, 0.05) is 6.42 Å². The van der Waals surface area contributed by atoms with Crippen LogP contribution in [0, 0.1) is 23.2 Å². The Morgan fingerprint density at radius 2 is 0.946 bits per heavy atom. The van der Waals surface area contributed by atoms with Gasteiger partial charge in [-0.15, -0.1) is 0 Å². The van der Waals surface area contributed by atoms with E-state index >= 15 is 0 Å². The first-order valence-electron chi connectivity index (χ1n) is 16.1. The molecule has 2 N–H and O–H groups in total. The highest BCUT2D eigenvalue weighted by atomic mass is 16.4. The molecule has 2 atom stereocenters. The number of hydrogen-bond acceptors (Lipinski definition) is 2. The van der Waals surface area contributed by atoms with Crippen molar-refractivity contribution in [1.29, 1.82) is 0 Å². The van der Waals surface area contributed by atoms with Crippen molar-refractivity contribution in [2.45, 2.75) is 176 Å². The Labute approximate surface area is 230 Å². The summed E-state index contributed by atoms with van der Waals surface area (Å²) in [5.74, 6) is 0.500. The van der Waals surface area contributed by atoms with Gasteiger partial charge in [-0.25, -0.2) is 0 Å². The molecule has 0 aliphatic heterocycles. The van der Waals surface area contributed by atoms with E-state index in [0.29, 0.717) is 18.3 Å². The van der Waals surface area contributed by atoms with E-state index in [1.54, 1.807) is 0 Å². The minimum Gasteiger partial charge on any atom is -0.481 e. The van der Waals surface area contributed by atoms with E-state index in [0.717, 1.165) is 63.7 Å². The third-order valence-electron chi connectivity index (χ3n) is 8.52. The van der Waals surface area contributed by atoms with E-state index in [4.69, 9.17) is 5.11 Å². The van der Waals surface area contributed by atoms with Gasteiger partial charge in [-0.1, -0.05) is 137 Å². The summed E-state index contributed by atoms with van der Waals surface area (Å²) in [4.78, 5) is 23.2. The standard InChI is InChI=1S/C33H64O4/c1-6-33(32(36)37,27-21-20-23-29(4)5)30(25-19-18-22-28(2)3)24-16-14-12-10-8-7-9-11-13-15-17-26-31(34)35/h28-30H,6-27H2,1-5H3,(H,34,35)(H,36,37). The second-order valence-electron chi connectivity index (χ2n) is 12.7. The van der Waals surface area contributed by atoms with E-state index in [-0.39, 0.29) is 0 Å². The first kappa shape index (κ1) is 35.9. The van der Waals surface area contributed by atoms with Crippen LogP contribution in [0.5, 0.6) is 0 Å². The maximum atomic E-state index is 12.7. The van der Waals surface area contributed by atoms with E-state index in [1.165, 1.54) is 77.0 Å². The van der Waals surface area contributed by atoms with Gasteiger partial charge in [0.1, 0.15) is 0 Å². The van der Waals surface area contributed by atoms with Crippen LogP contribution in [-0.4, -0.2) is 22.2 Å². The van der Waals surface area contributed by atoms with Gasteiger partial charge < -0.3 is 10.2 Å². The molecule has 0 saturated heterocycles. The van der Waals surface area contributed by atoms with Gasteiger partial charge in [0.05, 0.1) is 5.41 Å². The zero-order valence-electron chi connectivity index (χ0n) is 25.5. The Balaban J connectivity index is 4.51. The maximum absolute atomic E-state index is 12.7. The lowest BCUT2D eigenvalue weighted by atomic mass is 9.66. The van der Waals surface area contributed by atoms with Crippen molar-refractivity contribution in [2.75, 3.05) is 0 Å². The van der Waals surface area contributed by atoms with Gasteiger partial charge in [0.15, 0.2) is 0 Å². The number of carboxylic acid groups (broad SMARTS) is 2. The summed E-state index contributed by atoms with van der Waals surface area (Å²) < 4.78 is 0. The fourth-order valence-electron chi connectivity index (χ4n) is 5.99. The number of carbonyl (C=O) groups is 2. The van der Waals surface area contributed by atoms with Crippen molar-refractivity contribution in [1.82, 2.24) is 0 Å². The Hall–Kier alpha value is -1.06. The number of rotatable bonds is 27. The Morgan fingerprint density at radius 1 is 0.568 bits per heavy atom. The molecule has 0 amide bonds.